The van der Waals surface area contributed by atoms with Crippen molar-refractivity contribution in [3.63, 3.8) is 0 Å². The summed E-state index contributed by atoms with van der Waals surface area (Å²) in [6.07, 6.45) is 1.86. The molecule has 1 amide bonds. The number of amides is 1. The van der Waals surface area contributed by atoms with Gasteiger partial charge >= 0.3 is 0 Å². The lowest BCUT2D eigenvalue weighted by atomic mass is 10.1. The molecule has 0 aromatic heterocycles. The summed E-state index contributed by atoms with van der Waals surface area (Å²) in [5.41, 5.74) is 0.955. The molecule has 1 saturated carbocycles. The van der Waals surface area contributed by atoms with E-state index in [0.29, 0.717) is 12.5 Å². The van der Waals surface area contributed by atoms with Gasteiger partial charge in [0, 0.05) is 12.1 Å². The minimum Gasteiger partial charge on any atom is -0.496 e. The van der Waals surface area contributed by atoms with Crippen molar-refractivity contribution in [3.8, 4) is 5.75 Å². The number of nitrogens with zero attached hydrogens (tertiary/aromatic N) is 1. The highest BCUT2D eigenvalue weighted by Crippen LogP contribution is 2.33. The molecule has 1 aliphatic rings. The lowest BCUT2D eigenvalue weighted by molar-refractivity contribution is -0.126. The number of carbonyl (C=O) groups is 1. The quantitative estimate of drug-likeness (QED) is 0.769. The summed E-state index contributed by atoms with van der Waals surface area (Å²) in [6.45, 7) is 4.34. The van der Waals surface area contributed by atoms with E-state index in [1.807, 2.05) is 50.1 Å². The Morgan fingerprint density at radius 2 is 2.04 bits per heavy atom. The van der Waals surface area contributed by atoms with Crippen LogP contribution in [0, 0.1) is 5.92 Å². The van der Waals surface area contributed by atoms with Gasteiger partial charge in [-0.15, -0.1) is 0 Å². The van der Waals surface area contributed by atoms with E-state index in [0.717, 1.165) is 24.2 Å². The zero-order chi connectivity index (χ0) is 17.0. The van der Waals surface area contributed by atoms with Gasteiger partial charge in [-0.3, -0.25) is 9.69 Å². The molecular weight excluding hydrogens is 292 g/mol. The minimum absolute atomic E-state index is 0.0473. The van der Waals surface area contributed by atoms with Crippen molar-refractivity contribution in [2.75, 3.05) is 20.7 Å². The van der Waals surface area contributed by atoms with Crippen LogP contribution in [-0.4, -0.2) is 48.8 Å². The Labute approximate surface area is 138 Å². The fourth-order valence-electron chi connectivity index (χ4n) is 2.72. The van der Waals surface area contributed by atoms with E-state index < -0.39 is 0 Å². The Hall–Kier alpha value is -1.59. The van der Waals surface area contributed by atoms with Gasteiger partial charge in [-0.25, -0.2) is 0 Å². The molecule has 0 saturated heterocycles. The Balaban J connectivity index is 1.91. The van der Waals surface area contributed by atoms with E-state index in [-0.39, 0.29) is 24.1 Å². The summed E-state index contributed by atoms with van der Waals surface area (Å²) in [6, 6.07) is 7.26. The van der Waals surface area contributed by atoms with Gasteiger partial charge in [0.1, 0.15) is 5.75 Å². The van der Waals surface area contributed by atoms with Gasteiger partial charge in [0.15, 0.2) is 0 Å². The molecule has 5 nitrogen and oxygen atoms in total. The number of hydrogen-bond acceptors (Lipinski definition) is 4. The molecule has 1 fully saturated rings. The van der Waals surface area contributed by atoms with Crippen LogP contribution in [0.2, 0.25) is 0 Å². The number of ether oxygens (including phenoxy) is 1. The zero-order valence-electron chi connectivity index (χ0n) is 14.5. The molecule has 128 valence electrons. The zero-order valence-corrected chi connectivity index (χ0v) is 14.5. The third-order valence-corrected chi connectivity index (χ3v) is 4.65. The fraction of sp³-hybridized carbons (Fsp3) is 0.611. The number of nitrogens with one attached hydrogen (secondary N) is 1. The van der Waals surface area contributed by atoms with E-state index in [2.05, 4.69) is 5.32 Å². The largest absolute Gasteiger partial charge is 0.496 e. The predicted octanol–water partition coefficient (Wildman–Crippen LogP) is 1.96. The highest BCUT2D eigenvalue weighted by molar-refractivity contribution is 5.81. The van der Waals surface area contributed by atoms with Crippen LogP contribution in [0.5, 0.6) is 5.75 Å². The van der Waals surface area contributed by atoms with E-state index in [1.165, 1.54) is 0 Å². The standard InChI is InChI=1S/C18H28N2O3/c1-12(15-7-5-6-8-17(15)23-4)19-18(22)13(2)20(3)11-16(21)14-9-10-14/h5-8,12-14,16,21H,9-11H2,1-4H3,(H,19,22). The summed E-state index contributed by atoms with van der Waals surface area (Å²) < 4.78 is 5.35. The van der Waals surface area contributed by atoms with Gasteiger partial charge in [0.25, 0.3) is 0 Å². The number of methoxy groups -OCH3 is 1. The molecule has 1 aromatic rings. The summed E-state index contributed by atoms with van der Waals surface area (Å²) >= 11 is 0. The molecular formula is C18H28N2O3. The average molecular weight is 320 g/mol. The van der Waals surface area contributed by atoms with Crippen LogP contribution in [0.25, 0.3) is 0 Å². The number of likely N-dealkylation sites (N-methyl/N-ethyl adjacent to an activating group) is 1. The van der Waals surface area contributed by atoms with Crippen LogP contribution in [0.15, 0.2) is 24.3 Å². The molecule has 2 rings (SSSR count). The average Bonchev–Trinajstić information content (AvgIpc) is 3.38. The van der Waals surface area contributed by atoms with E-state index in [4.69, 9.17) is 4.74 Å². The molecule has 3 atom stereocenters. The van der Waals surface area contributed by atoms with Crippen molar-refractivity contribution >= 4 is 5.91 Å². The number of aliphatic hydroxyl groups is 1. The monoisotopic (exact) mass is 320 g/mol. The lowest BCUT2D eigenvalue weighted by Crippen LogP contribution is -2.46. The third-order valence-electron chi connectivity index (χ3n) is 4.65. The number of benzene rings is 1. The molecule has 23 heavy (non-hydrogen) atoms. The van der Waals surface area contributed by atoms with Crippen LogP contribution in [0.3, 0.4) is 0 Å². The minimum atomic E-state index is -0.332. The van der Waals surface area contributed by atoms with Gasteiger partial charge in [-0.1, -0.05) is 18.2 Å². The van der Waals surface area contributed by atoms with Gasteiger partial charge < -0.3 is 15.2 Å². The van der Waals surface area contributed by atoms with E-state index in [9.17, 15) is 9.90 Å². The topological polar surface area (TPSA) is 61.8 Å². The number of hydrogen-bond donors (Lipinski definition) is 2. The van der Waals surface area contributed by atoms with Gasteiger partial charge in [0.05, 0.1) is 25.3 Å². The van der Waals surface area contributed by atoms with Crippen molar-refractivity contribution in [2.24, 2.45) is 5.92 Å². The second-order valence-electron chi connectivity index (χ2n) is 6.49. The van der Waals surface area contributed by atoms with E-state index >= 15 is 0 Å². The molecule has 3 unspecified atom stereocenters. The molecule has 1 aromatic carbocycles. The molecule has 0 heterocycles. The Morgan fingerprint density at radius 1 is 1.39 bits per heavy atom. The van der Waals surface area contributed by atoms with Gasteiger partial charge in [-0.05, 0) is 45.7 Å². The van der Waals surface area contributed by atoms with Crippen LogP contribution in [0.1, 0.15) is 38.3 Å². The predicted molar refractivity (Wildman–Crippen MR) is 90.4 cm³/mol. The van der Waals surface area contributed by atoms with E-state index in [1.54, 1.807) is 7.11 Å². The summed E-state index contributed by atoms with van der Waals surface area (Å²) in [5, 5.41) is 13.1. The number of aliphatic hydroxyl groups excluding tert-OH is 1. The molecule has 0 spiro atoms. The Morgan fingerprint density at radius 3 is 2.65 bits per heavy atom. The van der Waals surface area contributed by atoms with Gasteiger partial charge in [-0.2, -0.15) is 0 Å². The van der Waals surface area contributed by atoms with Crippen molar-refractivity contribution in [2.45, 2.75) is 44.9 Å². The first-order valence-electron chi connectivity index (χ1n) is 8.25. The van der Waals surface area contributed by atoms with Crippen LogP contribution in [-0.2, 0) is 4.79 Å². The number of carbonyl (C=O) groups excluding carboxylic acids is 1. The SMILES string of the molecule is COc1ccccc1C(C)NC(=O)C(C)N(C)CC(O)C1CC1. The Kier molecular flexibility index (Phi) is 6.02. The van der Waals surface area contributed by atoms with Crippen molar-refractivity contribution < 1.29 is 14.6 Å². The van der Waals surface area contributed by atoms with Crippen LogP contribution in [0.4, 0.5) is 0 Å². The highest BCUT2D eigenvalue weighted by atomic mass is 16.5. The molecule has 2 N–H and O–H groups in total. The second kappa shape index (κ2) is 7.79. The van der Waals surface area contributed by atoms with Crippen molar-refractivity contribution in [1.29, 1.82) is 0 Å². The Bertz CT molecular complexity index is 531. The van der Waals surface area contributed by atoms with Crippen molar-refractivity contribution in [1.82, 2.24) is 10.2 Å². The normalized spacial score (nSPS) is 18.3. The molecule has 1 aliphatic carbocycles. The maximum Gasteiger partial charge on any atom is 0.237 e. The summed E-state index contributed by atoms with van der Waals surface area (Å²) in [4.78, 5) is 14.4. The van der Waals surface area contributed by atoms with Crippen LogP contribution >= 0.6 is 0 Å². The first kappa shape index (κ1) is 17.8. The number of rotatable bonds is 8. The van der Waals surface area contributed by atoms with Crippen LogP contribution < -0.4 is 10.1 Å². The fourth-order valence-corrected chi connectivity index (χ4v) is 2.72. The molecule has 0 aliphatic heterocycles. The maximum absolute atomic E-state index is 12.5. The first-order chi connectivity index (χ1) is 10.9. The summed E-state index contributed by atoms with van der Waals surface area (Å²) in [7, 11) is 3.51. The molecule has 0 bridgehead atoms. The first-order valence-corrected chi connectivity index (χ1v) is 8.25. The summed E-state index contributed by atoms with van der Waals surface area (Å²) in [5.74, 6) is 1.14. The number of para-hydroxylation sites is 1. The second-order valence-corrected chi connectivity index (χ2v) is 6.49. The highest BCUT2D eigenvalue weighted by Gasteiger charge is 2.32. The third kappa shape index (κ3) is 4.69. The smallest absolute Gasteiger partial charge is 0.237 e. The molecule has 0 radical (unpaired) electrons. The lowest BCUT2D eigenvalue weighted by Gasteiger charge is -2.27. The van der Waals surface area contributed by atoms with Crippen molar-refractivity contribution in [3.05, 3.63) is 29.8 Å². The van der Waals surface area contributed by atoms with Gasteiger partial charge in [0.2, 0.25) is 5.91 Å². The maximum atomic E-state index is 12.5. The molecule has 5 heteroatoms.